The Balaban J connectivity index is 1.40. The minimum absolute atomic E-state index is 0.198. The second-order valence-corrected chi connectivity index (χ2v) is 5.96. The zero-order chi connectivity index (χ0) is 16.6. The number of carbonyl (C=O) groups excluding carboxylic acids is 1. The average molecular weight is 329 g/mol. The Labute approximate surface area is 141 Å². The van der Waals surface area contributed by atoms with Crippen molar-refractivity contribution in [2.24, 2.45) is 5.92 Å². The van der Waals surface area contributed by atoms with Gasteiger partial charge in [-0.3, -0.25) is 14.5 Å². The minimum atomic E-state index is -0.198. The molecule has 0 radical (unpaired) electrons. The van der Waals surface area contributed by atoms with E-state index in [4.69, 9.17) is 0 Å². The van der Waals surface area contributed by atoms with Crippen molar-refractivity contribution in [3.05, 3.63) is 36.4 Å². The van der Waals surface area contributed by atoms with Gasteiger partial charge < -0.3 is 16.0 Å². The third-order valence-electron chi connectivity index (χ3n) is 4.02. The maximum Gasteiger partial charge on any atom is 0.273 e. The second kappa shape index (κ2) is 8.39. The lowest BCUT2D eigenvalue weighted by atomic mass is 10.00. The Morgan fingerprint density at radius 2 is 2.38 bits per heavy atom. The number of aromatic nitrogens is 4. The molecule has 0 bridgehead atoms. The molecule has 24 heavy (non-hydrogen) atoms. The molecule has 8 nitrogen and oxygen atoms in total. The monoisotopic (exact) mass is 329 g/mol. The number of amides is 1. The fourth-order valence-corrected chi connectivity index (χ4v) is 2.78. The molecular weight excluding hydrogens is 306 g/mol. The molecule has 3 rings (SSSR count). The number of nitrogens with zero attached hydrogens (tertiary/aromatic N) is 4. The number of carbonyl (C=O) groups is 1. The summed E-state index contributed by atoms with van der Waals surface area (Å²) in [6, 6.07) is 3.79. The normalized spacial score (nSPS) is 17.4. The quantitative estimate of drug-likeness (QED) is 0.641. The lowest BCUT2D eigenvalue weighted by Crippen LogP contribution is -2.32. The van der Waals surface area contributed by atoms with Crippen LogP contribution >= 0.6 is 0 Å². The predicted octanol–water partition coefficient (Wildman–Crippen LogP) is 0.515. The Morgan fingerprint density at radius 1 is 1.42 bits per heavy atom. The van der Waals surface area contributed by atoms with E-state index in [1.54, 1.807) is 23.3 Å². The summed E-state index contributed by atoms with van der Waals surface area (Å²) in [5, 5.41) is 17.4. The highest BCUT2D eigenvalue weighted by molar-refractivity contribution is 5.91. The molecule has 0 aromatic carbocycles. The van der Waals surface area contributed by atoms with Gasteiger partial charge in [0.05, 0.1) is 11.9 Å². The summed E-state index contributed by atoms with van der Waals surface area (Å²) in [7, 11) is 0. The highest BCUT2D eigenvalue weighted by Gasteiger charge is 2.16. The molecule has 0 spiro atoms. The van der Waals surface area contributed by atoms with Gasteiger partial charge in [-0.2, -0.15) is 0 Å². The van der Waals surface area contributed by atoms with Crippen LogP contribution in [0.4, 0.5) is 5.69 Å². The summed E-state index contributed by atoms with van der Waals surface area (Å²) in [5.74, 6) is 0.357. The van der Waals surface area contributed by atoms with Gasteiger partial charge >= 0.3 is 0 Å². The summed E-state index contributed by atoms with van der Waals surface area (Å²) >= 11 is 0. The molecule has 3 N–H and O–H groups in total. The van der Waals surface area contributed by atoms with Gasteiger partial charge in [0.25, 0.3) is 5.91 Å². The van der Waals surface area contributed by atoms with Crippen molar-refractivity contribution in [3.8, 4) is 0 Å². The van der Waals surface area contributed by atoms with E-state index in [1.165, 1.54) is 12.8 Å². The molecular formula is C16H23N7O. The van der Waals surface area contributed by atoms with Crippen LogP contribution in [0.5, 0.6) is 0 Å². The smallest absolute Gasteiger partial charge is 0.273 e. The van der Waals surface area contributed by atoms with Gasteiger partial charge in [-0.05, 0) is 44.0 Å². The molecule has 1 aliphatic rings. The number of pyridine rings is 1. The molecule has 1 atom stereocenters. The fraction of sp³-hybridized carbons (Fsp3) is 0.500. The summed E-state index contributed by atoms with van der Waals surface area (Å²) in [6.07, 6.45) is 7.57. The van der Waals surface area contributed by atoms with Crippen LogP contribution in [0.2, 0.25) is 0 Å². The predicted molar refractivity (Wildman–Crippen MR) is 90.7 cm³/mol. The highest BCUT2D eigenvalue weighted by atomic mass is 16.2. The van der Waals surface area contributed by atoms with Crippen molar-refractivity contribution in [3.63, 3.8) is 0 Å². The molecule has 0 unspecified atom stereocenters. The van der Waals surface area contributed by atoms with E-state index in [9.17, 15) is 4.79 Å². The van der Waals surface area contributed by atoms with E-state index in [1.807, 2.05) is 12.1 Å². The van der Waals surface area contributed by atoms with Crippen LogP contribution in [0, 0.1) is 5.92 Å². The first-order valence-corrected chi connectivity index (χ1v) is 8.34. The molecule has 1 saturated heterocycles. The van der Waals surface area contributed by atoms with Crippen LogP contribution in [-0.2, 0) is 6.54 Å². The Morgan fingerprint density at radius 3 is 3.17 bits per heavy atom. The van der Waals surface area contributed by atoms with Gasteiger partial charge in [0.2, 0.25) is 0 Å². The van der Waals surface area contributed by atoms with Crippen molar-refractivity contribution in [1.82, 2.24) is 30.6 Å². The van der Waals surface area contributed by atoms with Crippen molar-refractivity contribution >= 4 is 11.6 Å². The van der Waals surface area contributed by atoms with E-state index in [0.29, 0.717) is 24.7 Å². The summed E-state index contributed by atoms with van der Waals surface area (Å²) in [6.45, 7) is 4.03. The van der Waals surface area contributed by atoms with E-state index < -0.39 is 0 Å². The lowest BCUT2D eigenvalue weighted by Gasteiger charge is -2.22. The third-order valence-corrected chi connectivity index (χ3v) is 4.02. The van der Waals surface area contributed by atoms with E-state index in [2.05, 4.69) is 31.2 Å². The molecule has 0 saturated carbocycles. The van der Waals surface area contributed by atoms with Crippen molar-refractivity contribution in [2.75, 3.05) is 31.5 Å². The molecule has 1 amide bonds. The van der Waals surface area contributed by atoms with E-state index in [-0.39, 0.29) is 5.91 Å². The van der Waals surface area contributed by atoms with Crippen LogP contribution in [0.1, 0.15) is 23.3 Å². The first-order chi connectivity index (χ1) is 11.8. The maximum atomic E-state index is 12.1. The first-order valence-electron chi connectivity index (χ1n) is 8.34. The van der Waals surface area contributed by atoms with E-state index >= 15 is 0 Å². The van der Waals surface area contributed by atoms with Crippen LogP contribution < -0.4 is 16.0 Å². The lowest BCUT2D eigenvalue weighted by molar-refractivity contribution is 0.0950. The largest absolute Gasteiger partial charge is 0.382 e. The fourth-order valence-electron chi connectivity index (χ4n) is 2.78. The number of piperidine rings is 1. The van der Waals surface area contributed by atoms with Gasteiger partial charge in [-0.15, -0.1) is 5.10 Å². The van der Waals surface area contributed by atoms with Crippen LogP contribution in [-0.4, -0.2) is 52.1 Å². The van der Waals surface area contributed by atoms with Crippen molar-refractivity contribution in [2.45, 2.75) is 19.4 Å². The Kier molecular flexibility index (Phi) is 5.73. The highest BCUT2D eigenvalue weighted by Crippen LogP contribution is 2.11. The van der Waals surface area contributed by atoms with Gasteiger partial charge in [0.15, 0.2) is 5.69 Å². The van der Waals surface area contributed by atoms with Crippen LogP contribution in [0.15, 0.2) is 30.7 Å². The van der Waals surface area contributed by atoms with E-state index in [0.717, 1.165) is 25.3 Å². The molecule has 0 aliphatic carbocycles. The molecule has 128 valence electrons. The molecule has 3 heterocycles. The Bertz CT molecular complexity index is 637. The number of hydrogen-bond acceptors (Lipinski definition) is 6. The van der Waals surface area contributed by atoms with Crippen LogP contribution in [0.25, 0.3) is 0 Å². The Hall–Kier alpha value is -2.48. The van der Waals surface area contributed by atoms with Gasteiger partial charge in [0.1, 0.15) is 0 Å². The molecule has 2 aromatic heterocycles. The molecule has 1 fully saturated rings. The number of nitrogens with one attached hydrogen (secondary N) is 3. The molecule has 2 aromatic rings. The van der Waals surface area contributed by atoms with Crippen LogP contribution in [0.3, 0.4) is 0 Å². The SMILES string of the molecule is O=C(NCCNc1cccnc1)c1cn(C[C@@H]2CCCNC2)nn1. The number of rotatable bonds is 7. The zero-order valence-electron chi connectivity index (χ0n) is 13.6. The summed E-state index contributed by atoms with van der Waals surface area (Å²) in [4.78, 5) is 16.1. The number of hydrogen-bond donors (Lipinski definition) is 3. The first kappa shape index (κ1) is 16.4. The van der Waals surface area contributed by atoms with Gasteiger partial charge in [-0.1, -0.05) is 5.21 Å². The van der Waals surface area contributed by atoms with Crippen molar-refractivity contribution < 1.29 is 4.79 Å². The third kappa shape index (κ3) is 4.76. The number of anilines is 1. The van der Waals surface area contributed by atoms with Crippen molar-refractivity contribution in [1.29, 1.82) is 0 Å². The zero-order valence-corrected chi connectivity index (χ0v) is 13.6. The maximum absolute atomic E-state index is 12.1. The summed E-state index contributed by atoms with van der Waals surface area (Å²) < 4.78 is 1.76. The second-order valence-electron chi connectivity index (χ2n) is 5.96. The standard InChI is InChI=1S/C16H23N7O/c24-16(20-8-7-19-14-4-2-6-18-10-14)15-12-23(22-21-15)11-13-3-1-5-17-9-13/h2,4,6,10,12-13,17,19H,1,3,5,7-9,11H2,(H,20,24)/t13-/m1/s1. The summed E-state index contributed by atoms with van der Waals surface area (Å²) in [5.41, 5.74) is 1.29. The minimum Gasteiger partial charge on any atom is -0.382 e. The van der Waals surface area contributed by atoms with Gasteiger partial charge in [0, 0.05) is 32.0 Å². The average Bonchev–Trinajstić information content (AvgIpc) is 3.09. The van der Waals surface area contributed by atoms with Gasteiger partial charge in [-0.25, -0.2) is 0 Å². The topological polar surface area (TPSA) is 96.8 Å². The molecule has 8 heteroatoms. The molecule has 1 aliphatic heterocycles.